The van der Waals surface area contributed by atoms with Gasteiger partial charge in [-0.15, -0.1) is 0 Å². The quantitative estimate of drug-likeness (QED) is 0.762. The Bertz CT molecular complexity index is 287. The third-order valence-electron chi connectivity index (χ3n) is 1.84. The van der Waals surface area contributed by atoms with Crippen molar-refractivity contribution < 1.29 is 0 Å². The van der Waals surface area contributed by atoms with Crippen LogP contribution in [0.2, 0.25) is 0 Å². The third-order valence-corrected chi connectivity index (χ3v) is 2.30. The predicted molar refractivity (Wildman–Crippen MR) is 62.0 cm³/mol. The Morgan fingerprint density at radius 1 is 1.50 bits per heavy atom. The van der Waals surface area contributed by atoms with Crippen molar-refractivity contribution in [3.63, 3.8) is 0 Å². The molecule has 0 fully saturated rings. The van der Waals surface area contributed by atoms with Crippen molar-refractivity contribution in [3.8, 4) is 0 Å². The van der Waals surface area contributed by atoms with Gasteiger partial charge in [0.1, 0.15) is 0 Å². The van der Waals surface area contributed by atoms with Crippen molar-refractivity contribution >= 4 is 17.3 Å². The molecule has 0 unspecified atom stereocenters. The molecule has 0 aliphatic rings. The number of nitrogens with one attached hydrogen (secondary N) is 1. The van der Waals surface area contributed by atoms with E-state index >= 15 is 0 Å². The average molecular weight is 209 g/mol. The van der Waals surface area contributed by atoms with Crippen molar-refractivity contribution in [2.75, 3.05) is 13.6 Å². The lowest BCUT2D eigenvalue weighted by Gasteiger charge is -2.20. The van der Waals surface area contributed by atoms with Crippen LogP contribution in [0.5, 0.6) is 0 Å². The molecular weight excluding hydrogens is 194 g/mol. The average Bonchev–Trinajstić information content (AvgIpc) is 2.19. The van der Waals surface area contributed by atoms with E-state index in [-0.39, 0.29) is 0 Å². The van der Waals surface area contributed by atoms with Gasteiger partial charge in [0, 0.05) is 32.5 Å². The van der Waals surface area contributed by atoms with E-state index in [2.05, 4.69) is 10.3 Å². The molecule has 0 radical (unpaired) electrons. The number of rotatable bonds is 3. The molecule has 1 aromatic rings. The van der Waals surface area contributed by atoms with Crippen molar-refractivity contribution in [2.24, 2.45) is 0 Å². The molecule has 4 heteroatoms. The fourth-order valence-electron chi connectivity index (χ4n) is 1.12. The Morgan fingerprint density at radius 2 is 2.14 bits per heavy atom. The molecule has 0 aliphatic carbocycles. The van der Waals surface area contributed by atoms with Gasteiger partial charge in [-0.2, -0.15) is 0 Å². The van der Waals surface area contributed by atoms with Gasteiger partial charge in [-0.3, -0.25) is 4.98 Å². The summed E-state index contributed by atoms with van der Waals surface area (Å²) >= 11 is 5.17. The molecule has 0 bridgehead atoms. The van der Waals surface area contributed by atoms with Gasteiger partial charge in [-0.1, -0.05) is 0 Å². The normalized spacial score (nSPS) is 9.57. The fraction of sp³-hybridized carbons (Fsp3) is 0.400. The SMILES string of the molecule is CCNC(=S)N(C)Cc1ccncc1. The summed E-state index contributed by atoms with van der Waals surface area (Å²) in [5.74, 6) is 0. The summed E-state index contributed by atoms with van der Waals surface area (Å²) in [6, 6.07) is 3.98. The summed E-state index contributed by atoms with van der Waals surface area (Å²) in [6.45, 7) is 3.71. The molecule has 1 N–H and O–H groups in total. The molecule has 0 aromatic carbocycles. The lowest BCUT2D eigenvalue weighted by Crippen LogP contribution is -2.36. The summed E-state index contributed by atoms with van der Waals surface area (Å²) in [7, 11) is 1.98. The van der Waals surface area contributed by atoms with Crippen molar-refractivity contribution in [3.05, 3.63) is 30.1 Å². The molecule has 76 valence electrons. The molecule has 0 saturated heterocycles. The summed E-state index contributed by atoms with van der Waals surface area (Å²) in [6.07, 6.45) is 3.58. The highest BCUT2D eigenvalue weighted by molar-refractivity contribution is 7.80. The molecule has 0 spiro atoms. The molecule has 1 rings (SSSR count). The minimum absolute atomic E-state index is 0.782. The van der Waals surface area contributed by atoms with Gasteiger partial charge in [0.05, 0.1) is 0 Å². The second kappa shape index (κ2) is 5.54. The van der Waals surface area contributed by atoms with Crippen LogP contribution in [0.3, 0.4) is 0 Å². The van der Waals surface area contributed by atoms with Crippen molar-refractivity contribution in [1.29, 1.82) is 0 Å². The van der Waals surface area contributed by atoms with Crippen molar-refractivity contribution in [2.45, 2.75) is 13.5 Å². The second-order valence-electron chi connectivity index (χ2n) is 3.05. The van der Waals surface area contributed by atoms with E-state index in [0.29, 0.717) is 0 Å². The Kier molecular flexibility index (Phi) is 4.32. The molecule has 0 amide bonds. The maximum absolute atomic E-state index is 5.17. The standard InChI is InChI=1S/C10H15N3S/c1-3-12-10(14)13(2)8-9-4-6-11-7-5-9/h4-7H,3,8H2,1-2H3,(H,12,14). The van der Waals surface area contributed by atoms with E-state index in [1.165, 1.54) is 5.56 Å². The van der Waals surface area contributed by atoms with Gasteiger partial charge in [0.25, 0.3) is 0 Å². The van der Waals surface area contributed by atoms with Crippen LogP contribution in [0, 0.1) is 0 Å². The fourth-order valence-corrected chi connectivity index (χ4v) is 1.33. The van der Waals surface area contributed by atoms with E-state index in [1.54, 1.807) is 12.4 Å². The van der Waals surface area contributed by atoms with E-state index in [4.69, 9.17) is 12.2 Å². The highest BCUT2D eigenvalue weighted by Crippen LogP contribution is 2.00. The van der Waals surface area contributed by atoms with Gasteiger partial charge < -0.3 is 10.2 Å². The number of pyridine rings is 1. The van der Waals surface area contributed by atoms with Crippen LogP contribution in [0.1, 0.15) is 12.5 Å². The Labute approximate surface area is 90.1 Å². The molecule has 0 aliphatic heterocycles. The number of aromatic nitrogens is 1. The summed E-state index contributed by atoms with van der Waals surface area (Å²) in [5.41, 5.74) is 1.21. The monoisotopic (exact) mass is 209 g/mol. The Morgan fingerprint density at radius 3 is 2.71 bits per heavy atom. The largest absolute Gasteiger partial charge is 0.363 e. The van der Waals surface area contributed by atoms with Gasteiger partial charge in [-0.25, -0.2) is 0 Å². The van der Waals surface area contributed by atoms with E-state index in [1.807, 2.05) is 31.0 Å². The van der Waals surface area contributed by atoms with Crippen LogP contribution in [0.25, 0.3) is 0 Å². The first-order valence-electron chi connectivity index (χ1n) is 4.62. The van der Waals surface area contributed by atoms with Crippen LogP contribution in [-0.2, 0) is 6.54 Å². The van der Waals surface area contributed by atoms with Crippen LogP contribution in [-0.4, -0.2) is 28.6 Å². The first kappa shape index (κ1) is 10.9. The molecule has 1 aromatic heterocycles. The lowest BCUT2D eigenvalue weighted by atomic mass is 10.2. The smallest absolute Gasteiger partial charge is 0.168 e. The summed E-state index contributed by atoms with van der Waals surface area (Å²) in [5, 5.41) is 3.89. The second-order valence-corrected chi connectivity index (χ2v) is 3.43. The minimum atomic E-state index is 0.782. The summed E-state index contributed by atoms with van der Waals surface area (Å²) in [4.78, 5) is 5.97. The zero-order chi connectivity index (χ0) is 10.4. The minimum Gasteiger partial charge on any atom is -0.363 e. The maximum Gasteiger partial charge on any atom is 0.168 e. The van der Waals surface area contributed by atoms with E-state index < -0.39 is 0 Å². The zero-order valence-electron chi connectivity index (χ0n) is 8.53. The van der Waals surface area contributed by atoms with Crippen LogP contribution in [0.15, 0.2) is 24.5 Å². The highest BCUT2D eigenvalue weighted by Gasteiger charge is 2.02. The first-order valence-corrected chi connectivity index (χ1v) is 5.02. The molecule has 0 saturated carbocycles. The zero-order valence-corrected chi connectivity index (χ0v) is 9.34. The number of thiocarbonyl (C=S) groups is 1. The lowest BCUT2D eigenvalue weighted by molar-refractivity contribution is 0.490. The summed E-state index contributed by atoms with van der Waals surface area (Å²) < 4.78 is 0. The molecule has 3 nitrogen and oxygen atoms in total. The molecule has 0 atom stereocenters. The first-order chi connectivity index (χ1) is 6.74. The number of nitrogens with zero attached hydrogens (tertiary/aromatic N) is 2. The van der Waals surface area contributed by atoms with Crippen molar-refractivity contribution in [1.82, 2.24) is 15.2 Å². The van der Waals surface area contributed by atoms with Crippen LogP contribution >= 0.6 is 12.2 Å². The van der Waals surface area contributed by atoms with Gasteiger partial charge in [-0.05, 0) is 36.8 Å². The van der Waals surface area contributed by atoms with Crippen LogP contribution < -0.4 is 5.32 Å². The highest BCUT2D eigenvalue weighted by atomic mass is 32.1. The number of hydrogen-bond acceptors (Lipinski definition) is 2. The topological polar surface area (TPSA) is 28.2 Å². The maximum atomic E-state index is 5.17. The number of hydrogen-bond donors (Lipinski definition) is 1. The Hall–Kier alpha value is -1.16. The van der Waals surface area contributed by atoms with Gasteiger partial charge in [0.15, 0.2) is 5.11 Å². The third kappa shape index (κ3) is 3.30. The molecule has 1 heterocycles. The molecule has 14 heavy (non-hydrogen) atoms. The van der Waals surface area contributed by atoms with Gasteiger partial charge in [0.2, 0.25) is 0 Å². The van der Waals surface area contributed by atoms with E-state index in [0.717, 1.165) is 18.2 Å². The Balaban J connectivity index is 2.49. The van der Waals surface area contributed by atoms with E-state index in [9.17, 15) is 0 Å². The van der Waals surface area contributed by atoms with Gasteiger partial charge >= 0.3 is 0 Å². The van der Waals surface area contributed by atoms with Crippen LogP contribution in [0.4, 0.5) is 0 Å². The molecular formula is C10H15N3S. The predicted octanol–water partition coefficient (Wildman–Crippen LogP) is 1.41.